The van der Waals surface area contributed by atoms with Crippen molar-refractivity contribution in [2.75, 3.05) is 41.4 Å². The maximum atomic E-state index is 12.8. The van der Waals surface area contributed by atoms with E-state index in [1.54, 1.807) is 14.2 Å². The van der Waals surface area contributed by atoms with Crippen LogP contribution in [0.5, 0.6) is 11.5 Å². The number of nitrogens with one attached hydrogen (secondary N) is 2. The fraction of sp³-hybridized carbons (Fsp3) is 0.348. The van der Waals surface area contributed by atoms with E-state index in [0.717, 1.165) is 28.6 Å². The van der Waals surface area contributed by atoms with Gasteiger partial charge in [-0.1, -0.05) is 30.3 Å². The molecule has 0 aliphatic heterocycles. The number of methoxy groups -OCH3 is 2. The molecule has 6 heteroatoms. The Kier molecular flexibility index (Phi) is 6.77. The van der Waals surface area contributed by atoms with E-state index >= 15 is 0 Å². The minimum Gasteiger partial charge on any atom is -0.493 e. The number of hydrogen-bond acceptors (Lipinski definition) is 4. The van der Waals surface area contributed by atoms with Gasteiger partial charge < -0.3 is 24.7 Å². The van der Waals surface area contributed by atoms with Gasteiger partial charge in [0.2, 0.25) is 5.91 Å². The van der Waals surface area contributed by atoms with Gasteiger partial charge in [-0.3, -0.25) is 4.79 Å². The third-order valence-electron chi connectivity index (χ3n) is 5.08. The lowest BCUT2D eigenvalue weighted by atomic mass is 9.87. The molecule has 2 N–H and O–H groups in total. The first kappa shape index (κ1) is 20.7. The Balaban J connectivity index is 2.00. The highest BCUT2D eigenvalue weighted by atomic mass is 16.5. The summed E-state index contributed by atoms with van der Waals surface area (Å²) in [4.78, 5) is 18.2. The highest BCUT2D eigenvalue weighted by Gasteiger charge is 2.25. The number of likely N-dealkylation sites (N-methyl/N-ethyl adjacent to an activating group) is 1. The standard InChI is InChI=1S/C23H29N3O3/c1-26(2)13-12-24-22(27)14-18(17-9-7-11-21(28-3)23(17)29-4)19-15-25-20-10-6-5-8-16(19)20/h5-11,15,18,25H,12-14H2,1-4H3,(H,24,27)/t18-/m0/s1. The number of nitrogens with zero attached hydrogens (tertiary/aromatic N) is 1. The van der Waals surface area contributed by atoms with Crippen LogP contribution < -0.4 is 14.8 Å². The van der Waals surface area contributed by atoms with Crippen LogP contribution in [-0.4, -0.2) is 57.2 Å². The highest BCUT2D eigenvalue weighted by Crippen LogP contribution is 2.41. The summed E-state index contributed by atoms with van der Waals surface area (Å²) in [5, 5.41) is 4.13. The number of amides is 1. The normalized spacial score (nSPS) is 12.2. The molecular weight excluding hydrogens is 366 g/mol. The Morgan fingerprint density at radius 1 is 1.07 bits per heavy atom. The number of aromatic amines is 1. The maximum Gasteiger partial charge on any atom is 0.220 e. The van der Waals surface area contributed by atoms with Crippen LogP contribution in [0.4, 0.5) is 0 Å². The van der Waals surface area contributed by atoms with Crippen LogP contribution in [0.25, 0.3) is 10.9 Å². The van der Waals surface area contributed by atoms with Crippen LogP contribution >= 0.6 is 0 Å². The molecule has 2 aromatic carbocycles. The molecule has 0 bridgehead atoms. The second-order valence-electron chi connectivity index (χ2n) is 7.28. The number of ether oxygens (including phenoxy) is 2. The number of hydrogen-bond donors (Lipinski definition) is 2. The zero-order valence-corrected chi connectivity index (χ0v) is 17.5. The van der Waals surface area contributed by atoms with Crippen molar-refractivity contribution in [3.05, 3.63) is 59.8 Å². The van der Waals surface area contributed by atoms with Crippen molar-refractivity contribution in [2.45, 2.75) is 12.3 Å². The number of fused-ring (bicyclic) bond motifs is 1. The molecule has 0 fully saturated rings. The van der Waals surface area contributed by atoms with E-state index in [4.69, 9.17) is 9.47 Å². The average molecular weight is 396 g/mol. The lowest BCUT2D eigenvalue weighted by molar-refractivity contribution is -0.121. The monoisotopic (exact) mass is 395 g/mol. The second-order valence-corrected chi connectivity index (χ2v) is 7.28. The van der Waals surface area contributed by atoms with Gasteiger partial charge in [0.15, 0.2) is 11.5 Å². The summed E-state index contributed by atoms with van der Waals surface area (Å²) in [5.41, 5.74) is 3.04. The zero-order chi connectivity index (χ0) is 20.8. The molecular formula is C23H29N3O3. The summed E-state index contributed by atoms with van der Waals surface area (Å²) >= 11 is 0. The second kappa shape index (κ2) is 9.47. The predicted octanol–water partition coefficient (Wildman–Crippen LogP) is 3.38. The SMILES string of the molecule is COc1cccc([C@H](CC(=O)NCCN(C)C)c2c[nH]c3ccccc23)c1OC. The molecule has 1 atom stereocenters. The van der Waals surface area contributed by atoms with Crippen LogP contribution in [0.15, 0.2) is 48.7 Å². The molecule has 0 aliphatic carbocycles. The number of para-hydroxylation sites is 2. The summed E-state index contributed by atoms with van der Waals surface area (Å²) in [6, 6.07) is 13.9. The van der Waals surface area contributed by atoms with E-state index in [1.165, 1.54) is 0 Å². The van der Waals surface area contributed by atoms with Crippen molar-refractivity contribution < 1.29 is 14.3 Å². The molecule has 0 radical (unpaired) electrons. The molecule has 0 aliphatic rings. The molecule has 3 rings (SSSR count). The van der Waals surface area contributed by atoms with E-state index in [-0.39, 0.29) is 11.8 Å². The minimum absolute atomic E-state index is 0.00649. The summed E-state index contributed by atoms with van der Waals surface area (Å²) in [6.07, 6.45) is 2.31. The van der Waals surface area contributed by atoms with Gasteiger partial charge in [-0.15, -0.1) is 0 Å². The van der Waals surface area contributed by atoms with Crippen molar-refractivity contribution in [1.82, 2.24) is 15.2 Å². The number of carbonyl (C=O) groups excluding carboxylic acids is 1. The topological polar surface area (TPSA) is 66.6 Å². The third-order valence-corrected chi connectivity index (χ3v) is 5.08. The quantitative estimate of drug-likeness (QED) is 0.583. The fourth-order valence-corrected chi connectivity index (χ4v) is 3.63. The first-order valence-corrected chi connectivity index (χ1v) is 9.73. The van der Waals surface area contributed by atoms with Crippen molar-refractivity contribution in [2.24, 2.45) is 0 Å². The van der Waals surface area contributed by atoms with Gasteiger partial charge in [-0.05, 0) is 31.8 Å². The maximum absolute atomic E-state index is 12.8. The van der Waals surface area contributed by atoms with Gasteiger partial charge >= 0.3 is 0 Å². The lowest BCUT2D eigenvalue weighted by Crippen LogP contribution is -2.32. The molecule has 0 saturated heterocycles. The van der Waals surface area contributed by atoms with E-state index in [1.807, 2.05) is 61.6 Å². The Bertz CT molecular complexity index is 965. The number of carbonyl (C=O) groups is 1. The summed E-state index contributed by atoms with van der Waals surface area (Å²) < 4.78 is 11.2. The Hall–Kier alpha value is -2.99. The van der Waals surface area contributed by atoms with Crippen molar-refractivity contribution in [3.63, 3.8) is 0 Å². The molecule has 1 heterocycles. The third kappa shape index (κ3) is 4.71. The van der Waals surface area contributed by atoms with Gasteiger partial charge in [0, 0.05) is 48.1 Å². The zero-order valence-electron chi connectivity index (χ0n) is 17.5. The van der Waals surface area contributed by atoms with Gasteiger partial charge in [-0.2, -0.15) is 0 Å². The Morgan fingerprint density at radius 2 is 1.86 bits per heavy atom. The number of benzene rings is 2. The van der Waals surface area contributed by atoms with Gasteiger partial charge in [-0.25, -0.2) is 0 Å². The van der Waals surface area contributed by atoms with E-state index in [2.05, 4.69) is 16.4 Å². The molecule has 3 aromatic rings. The molecule has 0 saturated carbocycles. The number of aromatic nitrogens is 1. The smallest absolute Gasteiger partial charge is 0.220 e. The lowest BCUT2D eigenvalue weighted by Gasteiger charge is -2.21. The molecule has 1 aromatic heterocycles. The molecule has 1 amide bonds. The highest BCUT2D eigenvalue weighted by molar-refractivity contribution is 5.86. The van der Waals surface area contributed by atoms with E-state index in [9.17, 15) is 4.79 Å². The summed E-state index contributed by atoms with van der Waals surface area (Å²) in [7, 11) is 7.23. The van der Waals surface area contributed by atoms with Crippen LogP contribution in [0.1, 0.15) is 23.5 Å². The van der Waals surface area contributed by atoms with Crippen LogP contribution in [-0.2, 0) is 4.79 Å². The van der Waals surface area contributed by atoms with Crippen molar-refractivity contribution in [3.8, 4) is 11.5 Å². The minimum atomic E-state index is -0.171. The van der Waals surface area contributed by atoms with E-state index in [0.29, 0.717) is 24.5 Å². The van der Waals surface area contributed by atoms with Crippen molar-refractivity contribution >= 4 is 16.8 Å². The molecule has 154 valence electrons. The fourth-order valence-electron chi connectivity index (χ4n) is 3.63. The van der Waals surface area contributed by atoms with E-state index < -0.39 is 0 Å². The summed E-state index contributed by atoms with van der Waals surface area (Å²) in [5.74, 6) is 1.15. The molecule has 0 unspecified atom stereocenters. The van der Waals surface area contributed by atoms with Gasteiger partial charge in [0.1, 0.15) is 0 Å². The summed E-state index contributed by atoms with van der Waals surface area (Å²) in [6.45, 7) is 1.41. The molecule has 0 spiro atoms. The van der Waals surface area contributed by atoms with Crippen molar-refractivity contribution in [1.29, 1.82) is 0 Å². The number of H-pyrrole nitrogens is 1. The first-order valence-electron chi connectivity index (χ1n) is 9.73. The Labute approximate surface area is 171 Å². The molecule has 29 heavy (non-hydrogen) atoms. The largest absolute Gasteiger partial charge is 0.493 e. The van der Waals surface area contributed by atoms with Gasteiger partial charge in [0.25, 0.3) is 0 Å². The van der Waals surface area contributed by atoms with Gasteiger partial charge in [0.05, 0.1) is 14.2 Å². The molecule has 6 nitrogen and oxygen atoms in total. The van der Waals surface area contributed by atoms with Crippen LogP contribution in [0, 0.1) is 0 Å². The predicted molar refractivity (Wildman–Crippen MR) is 116 cm³/mol. The Morgan fingerprint density at radius 3 is 2.59 bits per heavy atom. The number of rotatable bonds is 9. The first-order chi connectivity index (χ1) is 14.0. The van der Waals surface area contributed by atoms with Crippen LogP contribution in [0.2, 0.25) is 0 Å². The van der Waals surface area contributed by atoms with Crippen LogP contribution in [0.3, 0.4) is 0 Å². The average Bonchev–Trinajstić information content (AvgIpc) is 3.15.